The summed E-state index contributed by atoms with van der Waals surface area (Å²) in [7, 11) is 0. The molecule has 2 nitrogen and oxygen atoms in total. The SMILES string of the molecule is CC(C)OC1CC(N(CC2CCC(C(C)C(C)C)CC2)C(C)C)C1. The molecule has 0 radical (unpaired) electrons. The van der Waals surface area contributed by atoms with Crippen LogP contribution in [0.2, 0.25) is 0 Å². The summed E-state index contributed by atoms with van der Waals surface area (Å²) in [5, 5.41) is 0. The van der Waals surface area contributed by atoms with Gasteiger partial charge in [-0.2, -0.15) is 0 Å². The minimum Gasteiger partial charge on any atom is -0.375 e. The molecule has 0 aromatic heterocycles. The van der Waals surface area contributed by atoms with Crippen LogP contribution in [0.25, 0.3) is 0 Å². The van der Waals surface area contributed by atoms with E-state index in [1.54, 1.807) is 0 Å². The number of nitrogens with zero attached hydrogens (tertiary/aromatic N) is 1. The molecule has 2 aliphatic rings. The maximum Gasteiger partial charge on any atom is 0.0608 e. The van der Waals surface area contributed by atoms with Gasteiger partial charge in [-0.1, -0.05) is 20.8 Å². The zero-order valence-electron chi connectivity index (χ0n) is 17.4. The van der Waals surface area contributed by atoms with Crippen molar-refractivity contribution >= 4 is 0 Å². The topological polar surface area (TPSA) is 12.5 Å². The van der Waals surface area contributed by atoms with Crippen LogP contribution in [0.3, 0.4) is 0 Å². The van der Waals surface area contributed by atoms with Crippen molar-refractivity contribution in [3.05, 3.63) is 0 Å². The summed E-state index contributed by atoms with van der Waals surface area (Å²) in [5.41, 5.74) is 0. The van der Waals surface area contributed by atoms with E-state index in [0.717, 1.165) is 29.7 Å². The molecule has 0 saturated heterocycles. The molecule has 2 aliphatic carbocycles. The van der Waals surface area contributed by atoms with Gasteiger partial charge in [-0.25, -0.2) is 0 Å². The maximum atomic E-state index is 5.97. The zero-order chi connectivity index (χ0) is 17.9. The molecular weight excluding hydrogens is 294 g/mol. The van der Waals surface area contributed by atoms with Crippen molar-refractivity contribution in [2.24, 2.45) is 23.7 Å². The molecule has 0 spiro atoms. The minimum atomic E-state index is 0.377. The molecule has 0 aromatic rings. The molecule has 1 unspecified atom stereocenters. The Morgan fingerprint density at radius 1 is 0.875 bits per heavy atom. The van der Waals surface area contributed by atoms with E-state index in [0.29, 0.717) is 18.2 Å². The monoisotopic (exact) mass is 337 g/mol. The summed E-state index contributed by atoms with van der Waals surface area (Å²) in [5.74, 6) is 3.63. The van der Waals surface area contributed by atoms with Crippen LogP contribution in [0, 0.1) is 23.7 Å². The zero-order valence-corrected chi connectivity index (χ0v) is 17.4. The van der Waals surface area contributed by atoms with Crippen LogP contribution in [0.4, 0.5) is 0 Å². The number of ether oxygens (including phenoxy) is 1. The summed E-state index contributed by atoms with van der Waals surface area (Å²) >= 11 is 0. The van der Waals surface area contributed by atoms with E-state index in [1.165, 1.54) is 45.1 Å². The third kappa shape index (κ3) is 5.46. The van der Waals surface area contributed by atoms with Crippen molar-refractivity contribution in [1.82, 2.24) is 4.90 Å². The highest BCUT2D eigenvalue weighted by atomic mass is 16.5. The predicted molar refractivity (Wildman–Crippen MR) is 104 cm³/mol. The lowest BCUT2D eigenvalue weighted by Crippen LogP contribution is -2.53. The Bertz CT molecular complexity index is 351. The van der Waals surface area contributed by atoms with Crippen molar-refractivity contribution in [2.45, 2.75) is 111 Å². The first-order valence-corrected chi connectivity index (χ1v) is 10.7. The van der Waals surface area contributed by atoms with Crippen molar-refractivity contribution in [3.8, 4) is 0 Å². The van der Waals surface area contributed by atoms with Gasteiger partial charge < -0.3 is 4.74 Å². The molecule has 2 saturated carbocycles. The van der Waals surface area contributed by atoms with Crippen LogP contribution in [0.5, 0.6) is 0 Å². The molecule has 0 aliphatic heterocycles. The van der Waals surface area contributed by atoms with Crippen LogP contribution in [-0.2, 0) is 4.74 Å². The van der Waals surface area contributed by atoms with E-state index in [9.17, 15) is 0 Å². The van der Waals surface area contributed by atoms with Crippen molar-refractivity contribution in [1.29, 1.82) is 0 Å². The average Bonchev–Trinajstić information content (AvgIpc) is 2.48. The highest BCUT2D eigenvalue weighted by Crippen LogP contribution is 2.38. The van der Waals surface area contributed by atoms with Crippen LogP contribution in [0.15, 0.2) is 0 Å². The molecule has 2 fully saturated rings. The van der Waals surface area contributed by atoms with Gasteiger partial charge in [-0.3, -0.25) is 4.90 Å². The third-order valence-corrected chi connectivity index (χ3v) is 6.82. The molecule has 0 bridgehead atoms. The molecule has 0 amide bonds. The Balaban J connectivity index is 1.77. The fourth-order valence-corrected chi connectivity index (χ4v) is 4.83. The van der Waals surface area contributed by atoms with Gasteiger partial charge >= 0.3 is 0 Å². The standard InChI is InChI=1S/C22H43NO/c1-15(2)18(7)20-10-8-19(9-11-20)14-23(16(3)4)21-12-22(13-21)24-17(5)6/h15-22H,8-14H2,1-7H3. The molecule has 0 aromatic carbocycles. The van der Waals surface area contributed by atoms with E-state index in [1.807, 2.05) is 0 Å². The largest absolute Gasteiger partial charge is 0.375 e. The predicted octanol–water partition coefficient (Wildman–Crippen LogP) is 5.75. The average molecular weight is 338 g/mol. The normalized spacial score (nSPS) is 32.6. The van der Waals surface area contributed by atoms with Gasteiger partial charge in [0.2, 0.25) is 0 Å². The summed E-state index contributed by atoms with van der Waals surface area (Å²) in [6, 6.07) is 1.43. The molecular formula is C22H43NO. The van der Waals surface area contributed by atoms with Crippen LogP contribution in [-0.4, -0.2) is 35.7 Å². The molecule has 2 rings (SSSR count). The summed E-state index contributed by atoms with van der Waals surface area (Å²) in [4.78, 5) is 2.79. The minimum absolute atomic E-state index is 0.377. The highest BCUT2D eigenvalue weighted by Gasteiger charge is 2.37. The quantitative estimate of drug-likeness (QED) is 0.559. The Hall–Kier alpha value is -0.0800. The fraction of sp³-hybridized carbons (Fsp3) is 1.00. The maximum absolute atomic E-state index is 5.97. The smallest absolute Gasteiger partial charge is 0.0608 e. The Morgan fingerprint density at radius 2 is 1.46 bits per heavy atom. The second-order valence-corrected chi connectivity index (χ2v) is 9.61. The number of hydrogen-bond acceptors (Lipinski definition) is 2. The number of rotatable bonds is 8. The van der Waals surface area contributed by atoms with E-state index in [2.05, 4.69) is 53.4 Å². The van der Waals surface area contributed by atoms with Crippen molar-refractivity contribution < 1.29 is 4.74 Å². The Labute approximate surface area is 151 Å². The molecule has 2 heteroatoms. The van der Waals surface area contributed by atoms with Crippen LogP contribution >= 0.6 is 0 Å². The van der Waals surface area contributed by atoms with E-state index < -0.39 is 0 Å². The van der Waals surface area contributed by atoms with Gasteiger partial charge in [0.05, 0.1) is 12.2 Å². The third-order valence-electron chi connectivity index (χ3n) is 6.82. The summed E-state index contributed by atoms with van der Waals surface area (Å²) < 4.78 is 5.97. The van der Waals surface area contributed by atoms with Gasteiger partial charge in [0.15, 0.2) is 0 Å². The lowest BCUT2D eigenvalue weighted by atomic mass is 9.72. The van der Waals surface area contributed by atoms with Crippen LogP contribution in [0.1, 0.15) is 87.0 Å². The van der Waals surface area contributed by atoms with E-state index in [4.69, 9.17) is 4.74 Å². The Morgan fingerprint density at radius 3 is 1.92 bits per heavy atom. The molecule has 0 N–H and O–H groups in total. The van der Waals surface area contributed by atoms with Gasteiger partial charge in [0, 0.05) is 18.6 Å². The van der Waals surface area contributed by atoms with E-state index >= 15 is 0 Å². The first kappa shape index (κ1) is 20.2. The van der Waals surface area contributed by atoms with Gasteiger partial charge in [0.1, 0.15) is 0 Å². The molecule has 142 valence electrons. The lowest BCUT2D eigenvalue weighted by Gasteiger charge is -2.47. The van der Waals surface area contributed by atoms with Gasteiger partial charge in [-0.15, -0.1) is 0 Å². The number of hydrogen-bond donors (Lipinski definition) is 0. The summed E-state index contributed by atoms with van der Waals surface area (Å²) in [6.07, 6.45) is 9.19. The summed E-state index contributed by atoms with van der Waals surface area (Å²) in [6.45, 7) is 17.6. The Kier molecular flexibility index (Phi) is 7.61. The highest BCUT2D eigenvalue weighted by molar-refractivity contribution is 4.91. The van der Waals surface area contributed by atoms with E-state index in [-0.39, 0.29) is 0 Å². The molecule has 24 heavy (non-hydrogen) atoms. The second kappa shape index (κ2) is 9.03. The lowest BCUT2D eigenvalue weighted by molar-refractivity contribution is -0.0859. The first-order chi connectivity index (χ1) is 11.3. The second-order valence-electron chi connectivity index (χ2n) is 9.61. The van der Waals surface area contributed by atoms with Crippen molar-refractivity contribution in [3.63, 3.8) is 0 Å². The fourth-order valence-electron chi connectivity index (χ4n) is 4.83. The molecule has 1 atom stereocenters. The van der Waals surface area contributed by atoms with Crippen LogP contribution < -0.4 is 0 Å². The van der Waals surface area contributed by atoms with Gasteiger partial charge in [-0.05, 0) is 89.9 Å². The first-order valence-electron chi connectivity index (χ1n) is 10.7. The molecule has 0 heterocycles. The van der Waals surface area contributed by atoms with Crippen molar-refractivity contribution in [2.75, 3.05) is 6.54 Å². The van der Waals surface area contributed by atoms with Gasteiger partial charge in [0.25, 0.3) is 0 Å².